The van der Waals surface area contributed by atoms with Crippen LogP contribution in [0.1, 0.15) is 17.0 Å². The van der Waals surface area contributed by atoms with Crippen LogP contribution in [0.2, 0.25) is 0 Å². The fourth-order valence-electron chi connectivity index (χ4n) is 3.56. The summed E-state index contributed by atoms with van der Waals surface area (Å²) in [6.45, 7) is 7.30. The lowest BCUT2D eigenvalue weighted by Crippen LogP contribution is -2.52. The van der Waals surface area contributed by atoms with Crippen molar-refractivity contribution in [3.8, 4) is 11.5 Å². The van der Waals surface area contributed by atoms with E-state index in [1.807, 2.05) is 44.3 Å². The second kappa shape index (κ2) is 10.1. The van der Waals surface area contributed by atoms with Crippen molar-refractivity contribution in [1.29, 1.82) is 0 Å². The number of hydrogen-bond acceptors (Lipinski definition) is 5. The number of aryl methyl sites for hydroxylation is 1. The molecule has 1 aromatic heterocycles. The summed E-state index contributed by atoms with van der Waals surface area (Å²) in [5, 5.41) is 3.44. The van der Waals surface area contributed by atoms with Gasteiger partial charge in [-0.05, 0) is 37.3 Å². The number of rotatable bonds is 6. The van der Waals surface area contributed by atoms with Gasteiger partial charge in [0.2, 0.25) is 0 Å². The summed E-state index contributed by atoms with van der Waals surface area (Å²) in [5.74, 6) is 2.68. The van der Waals surface area contributed by atoms with Crippen LogP contribution in [-0.2, 0) is 13.1 Å². The summed E-state index contributed by atoms with van der Waals surface area (Å²) in [6.07, 6.45) is 0. The van der Waals surface area contributed by atoms with Crippen molar-refractivity contribution in [2.45, 2.75) is 20.0 Å². The smallest absolute Gasteiger partial charge is 0.194 e. The molecule has 0 saturated carbocycles. The molecule has 2 aromatic rings. The minimum Gasteiger partial charge on any atom is -0.497 e. The number of benzene rings is 1. The molecule has 0 unspecified atom stereocenters. The molecule has 1 aromatic carbocycles. The number of piperazine rings is 1. The van der Waals surface area contributed by atoms with E-state index < -0.39 is 0 Å². The molecule has 0 amide bonds. The van der Waals surface area contributed by atoms with Gasteiger partial charge in [0.05, 0.1) is 26.5 Å². The molecule has 7 heteroatoms. The third-order valence-electron chi connectivity index (χ3n) is 5.14. The normalized spacial score (nSPS) is 15.3. The maximum Gasteiger partial charge on any atom is 0.194 e. The standard InChI is InChI=1S/C22H31N5O2/c1-17-6-5-7-19(25-17)15-24-22(23-2)27-12-10-26(11-13-27)16-18-14-20(28-3)8-9-21(18)29-4/h5-9,14H,10-13,15-16H2,1-4H3,(H,23,24). The Morgan fingerprint density at radius 2 is 1.90 bits per heavy atom. The largest absolute Gasteiger partial charge is 0.497 e. The van der Waals surface area contributed by atoms with Crippen molar-refractivity contribution in [3.63, 3.8) is 0 Å². The molecule has 1 aliphatic heterocycles. The lowest BCUT2D eigenvalue weighted by atomic mass is 10.1. The summed E-state index contributed by atoms with van der Waals surface area (Å²) in [5.41, 5.74) is 3.20. The van der Waals surface area contributed by atoms with Crippen LogP contribution in [0.4, 0.5) is 0 Å². The SMILES string of the molecule is CN=C(NCc1cccc(C)n1)N1CCN(Cc2cc(OC)ccc2OC)CC1. The van der Waals surface area contributed by atoms with Crippen LogP contribution in [0.5, 0.6) is 11.5 Å². The van der Waals surface area contributed by atoms with Crippen LogP contribution in [0.15, 0.2) is 41.4 Å². The Morgan fingerprint density at radius 3 is 2.55 bits per heavy atom. The summed E-state index contributed by atoms with van der Waals surface area (Å²) >= 11 is 0. The van der Waals surface area contributed by atoms with Crippen LogP contribution >= 0.6 is 0 Å². The Kier molecular flexibility index (Phi) is 7.30. The first-order valence-electron chi connectivity index (χ1n) is 9.94. The van der Waals surface area contributed by atoms with E-state index in [0.717, 1.165) is 67.1 Å². The molecule has 0 atom stereocenters. The maximum absolute atomic E-state index is 5.52. The molecule has 156 valence electrons. The number of nitrogens with one attached hydrogen (secondary N) is 1. The predicted molar refractivity (Wildman–Crippen MR) is 116 cm³/mol. The highest BCUT2D eigenvalue weighted by atomic mass is 16.5. The first kappa shape index (κ1) is 20.9. The van der Waals surface area contributed by atoms with E-state index in [4.69, 9.17) is 9.47 Å². The lowest BCUT2D eigenvalue weighted by Gasteiger charge is -2.36. The number of methoxy groups -OCH3 is 2. The highest BCUT2D eigenvalue weighted by molar-refractivity contribution is 5.79. The van der Waals surface area contributed by atoms with Gasteiger partial charge < -0.3 is 19.7 Å². The van der Waals surface area contributed by atoms with Gasteiger partial charge in [-0.25, -0.2) is 0 Å². The lowest BCUT2D eigenvalue weighted by molar-refractivity contribution is 0.171. The molecule has 29 heavy (non-hydrogen) atoms. The van der Waals surface area contributed by atoms with Crippen molar-refractivity contribution >= 4 is 5.96 Å². The Hall–Kier alpha value is -2.80. The van der Waals surface area contributed by atoms with Gasteiger partial charge in [0.15, 0.2) is 5.96 Å². The summed E-state index contributed by atoms with van der Waals surface area (Å²) in [6, 6.07) is 12.0. The minimum absolute atomic E-state index is 0.676. The van der Waals surface area contributed by atoms with Crippen molar-refractivity contribution in [2.75, 3.05) is 47.4 Å². The molecular weight excluding hydrogens is 366 g/mol. The quantitative estimate of drug-likeness (QED) is 0.596. The van der Waals surface area contributed by atoms with Gasteiger partial charge in [0.1, 0.15) is 11.5 Å². The second-order valence-electron chi connectivity index (χ2n) is 7.11. The van der Waals surface area contributed by atoms with Gasteiger partial charge in [-0.1, -0.05) is 6.07 Å². The van der Waals surface area contributed by atoms with Crippen molar-refractivity contribution < 1.29 is 9.47 Å². The Morgan fingerprint density at radius 1 is 1.10 bits per heavy atom. The van der Waals surface area contributed by atoms with Gasteiger partial charge in [0.25, 0.3) is 0 Å². The first-order chi connectivity index (χ1) is 14.1. The molecule has 0 bridgehead atoms. The Labute approximate surface area is 173 Å². The molecule has 0 aliphatic carbocycles. The van der Waals surface area contributed by atoms with E-state index in [9.17, 15) is 0 Å². The van der Waals surface area contributed by atoms with Crippen molar-refractivity contribution in [2.24, 2.45) is 4.99 Å². The predicted octanol–water partition coefficient (Wildman–Crippen LogP) is 2.30. The molecule has 1 aliphatic rings. The molecule has 1 saturated heterocycles. The van der Waals surface area contributed by atoms with Crippen LogP contribution in [0.25, 0.3) is 0 Å². The molecule has 1 N–H and O–H groups in total. The Balaban J connectivity index is 1.54. The van der Waals surface area contributed by atoms with E-state index in [1.54, 1.807) is 14.2 Å². The highest BCUT2D eigenvalue weighted by Crippen LogP contribution is 2.25. The van der Waals surface area contributed by atoms with Crippen LogP contribution in [-0.4, -0.2) is 68.2 Å². The van der Waals surface area contributed by atoms with Gasteiger partial charge in [-0.2, -0.15) is 0 Å². The average Bonchev–Trinajstić information content (AvgIpc) is 2.75. The highest BCUT2D eigenvalue weighted by Gasteiger charge is 2.21. The van der Waals surface area contributed by atoms with Crippen LogP contribution in [0, 0.1) is 6.92 Å². The van der Waals surface area contributed by atoms with E-state index in [2.05, 4.69) is 31.2 Å². The topological polar surface area (TPSA) is 62.2 Å². The Bertz CT molecular complexity index is 832. The summed E-state index contributed by atoms with van der Waals surface area (Å²) < 4.78 is 10.9. The number of nitrogens with zero attached hydrogens (tertiary/aromatic N) is 4. The molecular formula is C22H31N5O2. The third kappa shape index (κ3) is 5.60. The number of aliphatic imine (C=N–C) groups is 1. The number of pyridine rings is 1. The minimum atomic E-state index is 0.676. The van der Waals surface area contributed by atoms with Gasteiger partial charge in [-0.15, -0.1) is 0 Å². The number of hydrogen-bond donors (Lipinski definition) is 1. The van der Waals surface area contributed by atoms with E-state index in [-0.39, 0.29) is 0 Å². The van der Waals surface area contributed by atoms with Crippen LogP contribution in [0.3, 0.4) is 0 Å². The monoisotopic (exact) mass is 397 g/mol. The summed E-state index contributed by atoms with van der Waals surface area (Å²) in [4.78, 5) is 13.7. The van der Waals surface area contributed by atoms with Crippen molar-refractivity contribution in [3.05, 3.63) is 53.3 Å². The zero-order valence-corrected chi connectivity index (χ0v) is 17.8. The molecule has 0 spiro atoms. The van der Waals surface area contributed by atoms with Gasteiger partial charge in [0, 0.05) is 51.0 Å². The number of ether oxygens (including phenoxy) is 2. The fourth-order valence-corrected chi connectivity index (χ4v) is 3.56. The van der Waals surface area contributed by atoms with E-state index in [0.29, 0.717) is 6.54 Å². The van der Waals surface area contributed by atoms with Gasteiger partial charge in [-0.3, -0.25) is 14.9 Å². The van der Waals surface area contributed by atoms with Gasteiger partial charge >= 0.3 is 0 Å². The maximum atomic E-state index is 5.52. The number of aromatic nitrogens is 1. The molecule has 3 rings (SSSR count). The molecule has 7 nitrogen and oxygen atoms in total. The van der Waals surface area contributed by atoms with E-state index in [1.165, 1.54) is 0 Å². The summed E-state index contributed by atoms with van der Waals surface area (Å²) in [7, 11) is 5.23. The molecule has 0 radical (unpaired) electrons. The zero-order valence-electron chi connectivity index (χ0n) is 17.8. The first-order valence-corrected chi connectivity index (χ1v) is 9.94. The van der Waals surface area contributed by atoms with Crippen molar-refractivity contribution in [1.82, 2.24) is 20.1 Å². The zero-order chi connectivity index (χ0) is 20.6. The average molecular weight is 398 g/mol. The fraction of sp³-hybridized carbons (Fsp3) is 0.455. The van der Waals surface area contributed by atoms with E-state index >= 15 is 0 Å². The second-order valence-corrected chi connectivity index (χ2v) is 7.11. The third-order valence-corrected chi connectivity index (χ3v) is 5.14. The number of guanidine groups is 1. The van der Waals surface area contributed by atoms with Crippen LogP contribution < -0.4 is 14.8 Å². The molecule has 2 heterocycles. The molecule has 1 fully saturated rings.